The van der Waals surface area contributed by atoms with Gasteiger partial charge in [0.1, 0.15) is 0 Å². The van der Waals surface area contributed by atoms with Crippen LogP contribution in [0.2, 0.25) is 5.02 Å². The Bertz CT molecular complexity index is 506. The van der Waals surface area contributed by atoms with Gasteiger partial charge in [0, 0.05) is 18.1 Å². The number of likely N-dealkylation sites (tertiary alicyclic amines) is 1. The molecule has 1 saturated carbocycles. The molecule has 0 aromatic heterocycles. The summed E-state index contributed by atoms with van der Waals surface area (Å²) in [7, 11) is 0. The number of rotatable bonds is 3. The minimum atomic E-state index is -0.141. The number of aliphatic hydroxyl groups excluding tert-OH is 1. The van der Waals surface area contributed by atoms with Crippen molar-refractivity contribution < 1.29 is 9.90 Å². The standard InChI is InChI=1S/C17H22ClNO2/c18-15-3-1-13(2-4-15)14-5-7-17(8-6-14)9-10-19(11-12-20)16(17)21/h1-4,14,20H,5-12H2. The summed E-state index contributed by atoms with van der Waals surface area (Å²) in [4.78, 5) is 14.4. The third-order valence-electron chi connectivity index (χ3n) is 5.26. The fraction of sp³-hybridized carbons (Fsp3) is 0.588. The molecule has 1 saturated heterocycles. The normalized spacial score (nSPS) is 29.3. The summed E-state index contributed by atoms with van der Waals surface area (Å²) in [5.41, 5.74) is 1.20. The highest BCUT2D eigenvalue weighted by atomic mass is 35.5. The van der Waals surface area contributed by atoms with Crippen molar-refractivity contribution >= 4 is 17.5 Å². The maximum Gasteiger partial charge on any atom is 0.228 e. The van der Waals surface area contributed by atoms with Crippen LogP contribution in [0.4, 0.5) is 0 Å². The van der Waals surface area contributed by atoms with E-state index in [-0.39, 0.29) is 17.9 Å². The second kappa shape index (κ2) is 5.98. The van der Waals surface area contributed by atoms with Gasteiger partial charge in [-0.05, 0) is 55.7 Å². The lowest BCUT2D eigenvalue weighted by molar-refractivity contribution is -0.138. The monoisotopic (exact) mass is 307 g/mol. The first-order valence-corrected chi connectivity index (χ1v) is 8.18. The molecule has 3 rings (SSSR count). The van der Waals surface area contributed by atoms with Gasteiger partial charge in [0.2, 0.25) is 5.91 Å². The number of aliphatic hydroxyl groups is 1. The van der Waals surface area contributed by atoms with Gasteiger partial charge in [-0.3, -0.25) is 4.79 Å². The van der Waals surface area contributed by atoms with Crippen LogP contribution in [0.15, 0.2) is 24.3 Å². The Morgan fingerprint density at radius 1 is 1.19 bits per heavy atom. The van der Waals surface area contributed by atoms with Crippen molar-refractivity contribution in [2.45, 2.75) is 38.0 Å². The number of nitrogens with zero attached hydrogens (tertiary/aromatic N) is 1. The zero-order valence-electron chi connectivity index (χ0n) is 12.2. The lowest BCUT2D eigenvalue weighted by Gasteiger charge is -2.36. The maximum atomic E-state index is 12.6. The Morgan fingerprint density at radius 3 is 2.48 bits per heavy atom. The first-order valence-electron chi connectivity index (χ1n) is 7.80. The summed E-state index contributed by atoms with van der Waals surface area (Å²) in [6, 6.07) is 8.12. The topological polar surface area (TPSA) is 40.5 Å². The summed E-state index contributed by atoms with van der Waals surface area (Å²) >= 11 is 5.94. The van der Waals surface area contributed by atoms with Gasteiger partial charge in [-0.15, -0.1) is 0 Å². The highest BCUT2D eigenvalue weighted by Gasteiger charge is 2.47. The van der Waals surface area contributed by atoms with E-state index in [1.807, 2.05) is 17.0 Å². The molecule has 2 fully saturated rings. The number of hydrogen-bond acceptors (Lipinski definition) is 2. The maximum absolute atomic E-state index is 12.6. The smallest absolute Gasteiger partial charge is 0.228 e. The number of benzene rings is 1. The number of halogens is 1. The van der Waals surface area contributed by atoms with E-state index in [4.69, 9.17) is 16.7 Å². The largest absolute Gasteiger partial charge is 0.395 e. The van der Waals surface area contributed by atoms with E-state index in [1.165, 1.54) is 5.56 Å². The summed E-state index contributed by atoms with van der Waals surface area (Å²) in [6.07, 6.45) is 5.04. The molecule has 1 heterocycles. The van der Waals surface area contributed by atoms with E-state index in [2.05, 4.69) is 12.1 Å². The van der Waals surface area contributed by atoms with Gasteiger partial charge in [0.25, 0.3) is 0 Å². The second-order valence-corrected chi connectivity index (χ2v) is 6.81. The minimum absolute atomic E-state index is 0.0647. The first kappa shape index (κ1) is 14.9. The van der Waals surface area contributed by atoms with E-state index in [0.717, 1.165) is 43.7 Å². The quantitative estimate of drug-likeness (QED) is 0.931. The number of carbonyl (C=O) groups is 1. The van der Waals surface area contributed by atoms with Gasteiger partial charge in [-0.2, -0.15) is 0 Å². The van der Waals surface area contributed by atoms with Crippen molar-refractivity contribution in [1.82, 2.24) is 4.90 Å². The van der Waals surface area contributed by atoms with Gasteiger partial charge in [0.05, 0.1) is 12.0 Å². The Kier molecular flexibility index (Phi) is 4.23. The molecular formula is C17H22ClNO2. The molecule has 0 atom stereocenters. The van der Waals surface area contributed by atoms with Gasteiger partial charge in [-0.25, -0.2) is 0 Å². The lowest BCUT2D eigenvalue weighted by atomic mass is 9.68. The molecule has 1 aliphatic heterocycles. The van der Waals surface area contributed by atoms with Gasteiger partial charge in [-0.1, -0.05) is 23.7 Å². The molecule has 1 amide bonds. The highest BCUT2D eigenvalue weighted by molar-refractivity contribution is 6.30. The zero-order chi connectivity index (χ0) is 14.9. The number of β-amino-alcohol motifs (C(OH)–C–C–N with tert-alkyl or cyclic N) is 1. The molecule has 0 bridgehead atoms. The van der Waals surface area contributed by atoms with Crippen LogP contribution in [0.1, 0.15) is 43.6 Å². The minimum Gasteiger partial charge on any atom is -0.395 e. The van der Waals surface area contributed by atoms with Gasteiger partial charge >= 0.3 is 0 Å². The highest BCUT2D eigenvalue weighted by Crippen LogP contribution is 2.48. The molecule has 1 aromatic rings. The molecule has 0 unspecified atom stereocenters. The molecular weight excluding hydrogens is 286 g/mol. The number of hydrogen-bond donors (Lipinski definition) is 1. The van der Waals surface area contributed by atoms with Gasteiger partial charge in [0.15, 0.2) is 0 Å². The molecule has 2 aliphatic rings. The summed E-state index contributed by atoms with van der Waals surface area (Å²) in [5, 5.41) is 9.81. The molecule has 1 N–H and O–H groups in total. The molecule has 114 valence electrons. The number of carbonyl (C=O) groups excluding carboxylic acids is 1. The van der Waals surface area contributed by atoms with Crippen LogP contribution in [0.25, 0.3) is 0 Å². The molecule has 0 radical (unpaired) electrons. The molecule has 1 spiro atoms. The predicted octanol–water partition coefficient (Wildman–Crippen LogP) is 3.21. The summed E-state index contributed by atoms with van der Waals surface area (Å²) < 4.78 is 0. The fourth-order valence-corrected chi connectivity index (χ4v) is 4.06. The van der Waals surface area contributed by atoms with Crippen LogP contribution in [0.5, 0.6) is 0 Å². The van der Waals surface area contributed by atoms with Crippen molar-refractivity contribution in [3.05, 3.63) is 34.9 Å². The van der Waals surface area contributed by atoms with Gasteiger partial charge < -0.3 is 10.0 Å². The zero-order valence-corrected chi connectivity index (χ0v) is 13.0. The molecule has 1 aromatic carbocycles. The lowest BCUT2D eigenvalue weighted by Crippen LogP contribution is -2.38. The predicted molar refractivity (Wildman–Crippen MR) is 83.4 cm³/mol. The van der Waals surface area contributed by atoms with E-state index in [9.17, 15) is 4.79 Å². The molecule has 21 heavy (non-hydrogen) atoms. The van der Waals surface area contributed by atoms with Crippen molar-refractivity contribution in [2.24, 2.45) is 5.41 Å². The van der Waals surface area contributed by atoms with Crippen molar-refractivity contribution in [3.8, 4) is 0 Å². The Balaban J connectivity index is 1.65. The molecule has 1 aliphatic carbocycles. The third-order valence-corrected chi connectivity index (χ3v) is 5.51. The third kappa shape index (κ3) is 2.82. The van der Waals surface area contributed by atoms with Crippen LogP contribution >= 0.6 is 11.6 Å². The average Bonchev–Trinajstić information content (AvgIpc) is 2.79. The van der Waals surface area contributed by atoms with Crippen LogP contribution in [-0.2, 0) is 4.79 Å². The van der Waals surface area contributed by atoms with Crippen molar-refractivity contribution in [1.29, 1.82) is 0 Å². The molecule has 4 heteroatoms. The van der Waals surface area contributed by atoms with Crippen LogP contribution in [0.3, 0.4) is 0 Å². The van der Waals surface area contributed by atoms with E-state index in [0.29, 0.717) is 12.5 Å². The first-order chi connectivity index (χ1) is 10.1. The Morgan fingerprint density at radius 2 is 1.86 bits per heavy atom. The summed E-state index contributed by atoms with van der Waals surface area (Å²) in [6.45, 7) is 1.36. The molecule has 3 nitrogen and oxygen atoms in total. The Hall–Kier alpha value is -1.06. The fourth-order valence-electron chi connectivity index (χ4n) is 3.93. The SMILES string of the molecule is O=C1N(CCO)CCC12CCC(c1ccc(Cl)cc1)CC2. The van der Waals surface area contributed by atoms with Crippen LogP contribution in [-0.4, -0.2) is 35.6 Å². The van der Waals surface area contributed by atoms with Crippen LogP contribution < -0.4 is 0 Å². The van der Waals surface area contributed by atoms with Crippen molar-refractivity contribution in [2.75, 3.05) is 19.7 Å². The Labute approximate surface area is 130 Å². The van der Waals surface area contributed by atoms with E-state index < -0.39 is 0 Å². The number of amides is 1. The van der Waals surface area contributed by atoms with E-state index >= 15 is 0 Å². The van der Waals surface area contributed by atoms with E-state index in [1.54, 1.807) is 0 Å². The van der Waals surface area contributed by atoms with Crippen molar-refractivity contribution in [3.63, 3.8) is 0 Å². The summed E-state index contributed by atoms with van der Waals surface area (Å²) in [5.74, 6) is 0.818. The second-order valence-electron chi connectivity index (χ2n) is 6.37. The average molecular weight is 308 g/mol. The van der Waals surface area contributed by atoms with Crippen LogP contribution in [0, 0.1) is 5.41 Å².